The van der Waals surface area contributed by atoms with Crippen molar-refractivity contribution in [1.82, 2.24) is 5.32 Å². The monoisotopic (exact) mass is 398 g/mol. The average molecular weight is 398 g/mol. The second-order valence-corrected chi connectivity index (χ2v) is 7.48. The molecule has 2 N–H and O–H groups in total. The van der Waals surface area contributed by atoms with Gasteiger partial charge in [-0.2, -0.15) is 0 Å². The highest BCUT2D eigenvalue weighted by molar-refractivity contribution is 5.94. The molecule has 0 unspecified atom stereocenters. The quantitative estimate of drug-likeness (QED) is 0.691. The predicted octanol–water partition coefficient (Wildman–Crippen LogP) is 4.43. The van der Waals surface area contributed by atoms with Gasteiger partial charge in [0.2, 0.25) is 11.8 Å². The van der Waals surface area contributed by atoms with E-state index in [-0.39, 0.29) is 24.2 Å². The summed E-state index contributed by atoms with van der Waals surface area (Å²) < 4.78 is 18.6. The van der Waals surface area contributed by atoms with Crippen molar-refractivity contribution in [2.45, 2.75) is 45.1 Å². The van der Waals surface area contributed by atoms with Gasteiger partial charge in [0.15, 0.2) is 0 Å². The Balaban J connectivity index is 1.42. The molecule has 154 valence electrons. The maximum absolute atomic E-state index is 12.9. The predicted molar refractivity (Wildman–Crippen MR) is 110 cm³/mol. The molecule has 0 bridgehead atoms. The molecule has 2 aromatic rings. The van der Waals surface area contributed by atoms with Gasteiger partial charge in [0.1, 0.15) is 18.2 Å². The molecule has 0 aliphatic heterocycles. The van der Waals surface area contributed by atoms with Crippen molar-refractivity contribution in [2.75, 3.05) is 11.9 Å². The van der Waals surface area contributed by atoms with Gasteiger partial charge in [0.05, 0.1) is 6.54 Å². The molecule has 1 aliphatic rings. The Labute approximate surface area is 170 Å². The number of carbonyl (C=O) groups excluding carboxylic acids is 2. The van der Waals surface area contributed by atoms with Crippen LogP contribution in [0.2, 0.25) is 0 Å². The third-order valence-corrected chi connectivity index (χ3v) is 5.08. The van der Waals surface area contributed by atoms with E-state index in [4.69, 9.17) is 4.74 Å². The molecule has 29 heavy (non-hydrogen) atoms. The molecule has 5 nitrogen and oxygen atoms in total. The summed E-state index contributed by atoms with van der Waals surface area (Å²) in [7, 11) is 0. The largest absolute Gasteiger partial charge is 0.489 e. The van der Waals surface area contributed by atoms with E-state index < -0.39 is 0 Å². The Bertz CT molecular complexity index is 817. The van der Waals surface area contributed by atoms with E-state index >= 15 is 0 Å². The number of nitrogens with one attached hydrogen (secondary N) is 2. The molecule has 1 saturated carbocycles. The summed E-state index contributed by atoms with van der Waals surface area (Å²) in [6.07, 6.45) is 6.35. The van der Waals surface area contributed by atoms with Crippen LogP contribution in [0.1, 0.15) is 44.1 Å². The number of anilines is 1. The maximum atomic E-state index is 12.9. The summed E-state index contributed by atoms with van der Waals surface area (Å²) in [5, 5.41) is 5.47. The third kappa shape index (κ3) is 7.22. The zero-order valence-electron chi connectivity index (χ0n) is 16.5. The Morgan fingerprint density at radius 3 is 2.52 bits per heavy atom. The van der Waals surface area contributed by atoms with Crippen LogP contribution in [0.25, 0.3) is 0 Å². The number of halogens is 1. The minimum atomic E-state index is -0.288. The number of hydrogen-bond acceptors (Lipinski definition) is 3. The van der Waals surface area contributed by atoms with Gasteiger partial charge in [-0.05, 0) is 48.6 Å². The summed E-state index contributed by atoms with van der Waals surface area (Å²) in [6.45, 7) is 0.251. The van der Waals surface area contributed by atoms with Crippen LogP contribution in [-0.4, -0.2) is 18.4 Å². The summed E-state index contributed by atoms with van der Waals surface area (Å²) in [5.41, 5.74) is 1.44. The minimum absolute atomic E-state index is 0.0494. The van der Waals surface area contributed by atoms with Crippen molar-refractivity contribution in [2.24, 2.45) is 5.92 Å². The van der Waals surface area contributed by atoms with E-state index in [1.54, 1.807) is 36.4 Å². The van der Waals surface area contributed by atoms with Gasteiger partial charge < -0.3 is 15.4 Å². The molecule has 0 aromatic heterocycles. The van der Waals surface area contributed by atoms with E-state index in [2.05, 4.69) is 10.6 Å². The van der Waals surface area contributed by atoms with Crippen molar-refractivity contribution >= 4 is 17.5 Å². The lowest BCUT2D eigenvalue weighted by Gasteiger charge is -2.20. The fourth-order valence-electron chi connectivity index (χ4n) is 3.52. The standard InChI is InChI=1S/C23H27FN2O3/c24-19-11-9-18(10-12-19)16-29-21-8-4-7-20(14-21)26-23(28)15-25-22(27)13-17-5-2-1-3-6-17/h4,7-12,14,17H,1-3,5-6,13,15-16H2,(H,25,27)(H,26,28). The Kier molecular flexibility index (Phi) is 7.61. The van der Waals surface area contributed by atoms with Gasteiger partial charge in [-0.3, -0.25) is 9.59 Å². The van der Waals surface area contributed by atoms with E-state index in [0.29, 0.717) is 30.4 Å². The lowest BCUT2D eigenvalue weighted by atomic mass is 9.87. The summed E-state index contributed by atoms with van der Waals surface area (Å²) in [5.74, 6) is 0.403. The first-order valence-corrected chi connectivity index (χ1v) is 10.1. The van der Waals surface area contributed by atoms with Gasteiger partial charge >= 0.3 is 0 Å². The molecule has 0 spiro atoms. The number of hydrogen-bond donors (Lipinski definition) is 2. The number of ether oxygens (including phenoxy) is 1. The summed E-state index contributed by atoms with van der Waals surface area (Å²) >= 11 is 0. The van der Waals surface area contributed by atoms with Crippen LogP contribution in [0.4, 0.5) is 10.1 Å². The third-order valence-electron chi connectivity index (χ3n) is 5.08. The summed E-state index contributed by atoms with van der Waals surface area (Å²) in [6, 6.07) is 13.1. The average Bonchev–Trinajstić information content (AvgIpc) is 2.73. The number of rotatable bonds is 8. The highest BCUT2D eigenvalue weighted by Crippen LogP contribution is 2.26. The maximum Gasteiger partial charge on any atom is 0.243 e. The van der Waals surface area contributed by atoms with Crippen molar-refractivity contribution in [3.63, 3.8) is 0 Å². The van der Waals surface area contributed by atoms with Gasteiger partial charge in [0, 0.05) is 18.2 Å². The molecule has 0 heterocycles. The molecule has 2 aromatic carbocycles. The topological polar surface area (TPSA) is 67.4 Å². The van der Waals surface area contributed by atoms with Crippen LogP contribution in [0.15, 0.2) is 48.5 Å². The van der Waals surface area contributed by atoms with Gasteiger partial charge in [-0.15, -0.1) is 0 Å². The smallest absolute Gasteiger partial charge is 0.243 e. The van der Waals surface area contributed by atoms with E-state index in [1.807, 2.05) is 0 Å². The number of carbonyl (C=O) groups is 2. The zero-order valence-corrected chi connectivity index (χ0v) is 16.5. The number of benzene rings is 2. The lowest BCUT2D eigenvalue weighted by molar-refractivity contribution is -0.125. The second kappa shape index (κ2) is 10.6. The van der Waals surface area contributed by atoms with E-state index in [1.165, 1.54) is 31.4 Å². The highest BCUT2D eigenvalue weighted by atomic mass is 19.1. The van der Waals surface area contributed by atoms with Crippen LogP contribution in [0.3, 0.4) is 0 Å². The molecule has 1 fully saturated rings. The van der Waals surface area contributed by atoms with Crippen molar-refractivity contribution in [3.8, 4) is 5.75 Å². The molecule has 6 heteroatoms. The molecule has 0 saturated heterocycles. The van der Waals surface area contributed by atoms with Crippen LogP contribution in [0.5, 0.6) is 5.75 Å². The Morgan fingerprint density at radius 1 is 1.00 bits per heavy atom. The Hall–Kier alpha value is -2.89. The van der Waals surface area contributed by atoms with Gasteiger partial charge in [-0.25, -0.2) is 4.39 Å². The normalized spacial score (nSPS) is 14.2. The molecule has 1 aliphatic carbocycles. The minimum Gasteiger partial charge on any atom is -0.489 e. The molecule has 0 radical (unpaired) electrons. The van der Waals surface area contributed by atoms with E-state index in [0.717, 1.165) is 18.4 Å². The summed E-state index contributed by atoms with van der Waals surface area (Å²) in [4.78, 5) is 24.2. The van der Waals surface area contributed by atoms with Crippen LogP contribution in [-0.2, 0) is 16.2 Å². The van der Waals surface area contributed by atoms with Gasteiger partial charge in [-0.1, -0.05) is 37.5 Å². The van der Waals surface area contributed by atoms with Crippen molar-refractivity contribution in [1.29, 1.82) is 0 Å². The second-order valence-electron chi connectivity index (χ2n) is 7.48. The van der Waals surface area contributed by atoms with Crippen molar-refractivity contribution < 1.29 is 18.7 Å². The lowest BCUT2D eigenvalue weighted by Crippen LogP contribution is -2.34. The first kappa shape index (κ1) is 20.8. The van der Waals surface area contributed by atoms with E-state index in [9.17, 15) is 14.0 Å². The fraction of sp³-hybridized carbons (Fsp3) is 0.391. The Morgan fingerprint density at radius 2 is 1.76 bits per heavy atom. The first-order valence-electron chi connectivity index (χ1n) is 10.1. The highest BCUT2D eigenvalue weighted by Gasteiger charge is 2.17. The molecule has 2 amide bonds. The SMILES string of the molecule is O=C(CC1CCCCC1)NCC(=O)Nc1cccc(OCc2ccc(F)cc2)c1. The number of amides is 2. The molecular weight excluding hydrogens is 371 g/mol. The fourth-order valence-corrected chi connectivity index (χ4v) is 3.52. The van der Waals surface area contributed by atoms with Crippen LogP contribution < -0.4 is 15.4 Å². The van der Waals surface area contributed by atoms with Crippen LogP contribution in [0, 0.1) is 11.7 Å². The molecular formula is C23H27FN2O3. The first-order chi connectivity index (χ1) is 14.1. The van der Waals surface area contributed by atoms with Gasteiger partial charge in [0.25, 0.3) is 0 Å². The van der Waals surface area contributed by atoms with Crippen molar-refractivity contribution in [3.05, 3.63) is 59.9 Å². The molecule has 3 rings (SSSR count). The zero-order chi connectivity index (χ0) is 20.5. The van der Waals surface area contributed by atoms with Crippen LogP contribution >= 0.6 is 0 Å². The molecule has 0 atom stereocenters.